The van der Waals surface area contributed by atoms with Gasteiger partial charge in [-0.2, -0.15) is 0 Å². The minimum atomic E-state index is -0.196. The van der Waals surface area contributed by atoms with E-state index < -0.39 is 0 Å². The molecule has 0 aromatic rings. The lowest BCUT2D eigenvalue weighted by molar-refractivity contribution is -0.119. The number of hydrogen-bond acceptors (Lipinski definition) is 2. The number of likely N-dealkylation sites (tertiary alicyclic amines) is 1. The molecule has 1 heterocycles. The first kappa shape index (κ1) is 17.2. The summed E-state index contributed by atoms with van der Waals surface area (Å²) in [5.74, 6) is 0.0263. The number of nitrogens with zero attached hydrogens (tertiary/aromatic N) is 1. The molecule has 0 aromatic heterocycles. The van der Waals surface area contributed by atoms with Crippen LogP contribution in [0.3, 0.4) is 0 Å². The summed E-state index contributed by atoms with van der Waals surface area (Å²) in [6.45, 7) is 14.1. The molecular weight excluding hydrogens is 248 g/mol. The van der Waals surface area contributed by atoms with Crippen LogP contribution in [0.5, 0.6) is 0 Å². The summed E-state index contributed by atoms with van der Waals surface area (Å²) in [6.07, 6.45) is 8.51. The van der Waals surface area contributed by atoms with Gasteiger partial charge in [-0.15, -0.1) is 0 Å². The summed E-state index contributed by atoms with van der Waals surface area (Å²) in [7, 11) is 0. The Morgan fingerprint density at radius 3 is 2.35 bits per heavy atom. The van der Waals surface area contributed by atoms with Crippen molar-refractivity contribution in [1.82, 2.24) is 10.2 Å². The van der Waals surface area contributed by atoms with Crippen LogP contribution in [0.2, 0.25) is 0 Å². The van der Waals surface area contributed by atoms with Gasteiger partial charge in [-0.1, -0.05) is 33.3 Å². The Kier molecular flexibility index (Phi) is 6.25. The first-order chi connectivity index (χ1) is 9.28. The van der Waals surface area contributed by atoms with E-state index in [2.05, 4.69) is 44.8 Å². The maximum absolute atomic E-state index is 12.1. The van der Waals surface area contributed by atoms with Crippen molar-refractivity contribution in [3.05, 3.63) is 12.2 Å². The van der Waals surface area contributed by atoms with Crippen LogP contribution in [0.25, 0.3) is 0 Å². The fourth-order valence-electron chi connectivity index (χ4n) is 2.73. The van der Waals surface area contributed by atoms with E-state index in [0.717, 1.165) is 19.4 Å². The van der Waals surface area contributed by atoms with Gasteiger partial charge in [0.05, 0.1) is 0 Å². The van der Waals surface area contributed by atoms with Gasteiger partial charge in [-0.05, 0) is 51.6 Å². The number of hydrogen-bond donors (Lipinski definition) is 1. The highest BCUT2D eigenvalue weighted by Crippen LogP contribution is 2.34. The van der Waals surface area contributed by atoms with Crippen molar-refractivity contribution in [1.29, 1.82) is 0 Å². The van der Waals surface area contributed by atoms with Crippen molar-refractivity contribution in [2.75, 3.05) is 19.6 Å². The van der Waals surface area contributed by atoms with E-state index in [4.69, 9.17) is 0 Å². The first-order valence-electron chi connectivity index (χ1n) is 7.99. The number of nitrogens with one attached hydrogen (secondary N) is 1. The second-order valence-corrected chi connectivity index (χ2v) is 7.16. The monoisotopic (exact) mass is 280 g/mol. The Morgan fingerprint density at radius 2 is 1.80 bits per heavy atom. The van der Waals surface area contributed by atoms with Crippen molar-refractivity contribution in [3.8, 4) is 0 Å². The number of amides is 1. The van der Waals surface area contributed by atoms with Gasteiger partial charge in [0, 0.05) is 18.2 Å². The van der Waals surface area contributed by atoms with E-state index in [1.807, 2.05) is 6.08 Å². The fourth-order valence-corrected chi connectivity index (χ4v) is 2.73. The zero-order valence-electron chi connectivity index (χ0n) is 14.0. The van der Waals surface area contributed by atoms with Crippen molar-refractivity contribution in [2.24, 2.45) is 5.41 Å². The molecule has 0 aromatic carbocycles. The molecule has 0 bridgehead atoms. The molecule has 0 unspecified atom stereocenters. The van der Waals surface area contributed by atoms with E-state index in [-0.39, 0.29) is 16.9 Å². The molecule has 116 valence electrons. The molecule has 3 nitrogen and oxygen atoms in total. The molecule has 20 heavy (non-hydrogen) atoms. The molecule has 0 radical (unpaired) electrons. The van der Waals surface area contributed by atoms with E-state index >= 15 is 0 Å². The van der Waals surface area contributed by atoms with Crippen LogP contribution in [0.15, 0.2) is 12.2 Å². The highest BCUT2D eigenvalue weighted by molar-refractivity contribution is 5.88. The zero-order valence-corrected chi connectivity index (χ0v) is 14.0. The molecule has 1 saturated heterocycles. The van der Waals surface area contributed by atoms with Crippen LogP contribution >= 0.6 is 0 Å². The molecule has 1 aliphatic rings. The third-order valence-corrected chi connectivity index (χ3v) is 4.83. The first-order valence-corrected chi connectivity index (χ1v) is 7.99. The quantitative estimate of drug-likeness (QED) is 0.725. The Bertz CT molecular complexity index is 339. The Balaban J connectivity index is 2.45. The molecule has 0 spiro atoms. The molecule has 0 saturated carbocycles. The number of carbonyl (C=O) groups excluding carboxylic acids is 1. The Morgan fingerprint density at radius 1 is 1.20 bits per heavy atom. The largest absolute Gasteiger partial charge is 0.347 e. The van der Waals surface area contributed by atoms with Crippen molar-refractivity contribution in [3.63, 3.8) is 0 Å². The Hall–Kier alpha value is -0.830. The van der Waals surface area contributed by atoms with Crippen LogP contribution in [-0.4, -0.2) is 36.0 Å². The predicted molar refractivity (Wildman–Crippen MR) is 85.7 cm³/mol. The van der Waals surface area contributed by atoms with Crippen molar-refractivity contribution >= 4 is 5.91 Å². The minimum Gasteiger partial charge on any atom is -0.347 e. The van der Waals surface area contributed by atoms with Gasteiger partial charge in [-0.3, -0.25) is 9.69 Å². The summed E-state index contributed by atoms with van der Waals surface area (Å²) >= 11 is 0. The summed E-state index contributed by atoms with van der Waals surface area (Å²) in [4.78, 5) is 14.5. The van der Waals surface area contributed by atoms with Crippen LogP contribution in [-0.2, 0) is 4.79 Å². The lowest BCUT2D eigenvalue weighted by Crippen LogP contribution is -2.53. The second-order valence-electron chi connectivity index (χ2n) is 7.16. The smallest absolute Gasteiger partial charge is 0.244 e. The number of carbonyl (C=O) groups is 1. The topological polar surface area (TPSA) is 32.3 Å². The molecule has 0 atom stereocenters. The van der Waals surface area contributed by atoms with Crippen molar-refractivity contribution in [2.45, 2.75) is 65.8 Å². The zero-order chi connectivity index (χ0) is 15.2. The lowest BCUT2D eigenvalue weighted by atomic mass is 9.71. The summed E-state index contributed by atoms with van der Waals surface area (Å²) in [5, 5.41) is 3.16. The molecule has 0 aliphatic carbocycles. The van der Waals surface area contributed by atoms with E-state index in [1.165, 1.54) is 25.9 Å². The van der Waals surface area contributed by atoms with Gasteiger partial charge in [-0.25, -0.2) is 0 Å². The fraction of sp³-hybridized carbons (Fsp3) is 0.824. The van der Waals surface area contributed by atoms with Gasteiger partial charge in [0.25, 0.3) is 0 Å². The average Bonchev–Trinajstić information content (AvgIpc) is 2.81. The summed E-state index contributed by atoms with van der Waals surface area (Å²) in [6, 6.07) is 0. The average molecular weight is 280 g/mol. The summed E-state index contributed by atoms with van der Waals surface area (Å²) in [5.41, 5.74) is -0.0989. The Labute approximate surface area is 124 Å². The highest BCUT2D eigenvalue weighted by Gasteiger charge is 2.36. The lowest BCUT2D eigenvalue weighted by Gasteiger charge is -2.42. The van der Waals surface area contributed by atoms with Gasteiger partial charge < -0.3 is 5.32 Å². The van der Waals surface area contributed by atoms with E-state index in [1.54, 1.807) is 6.08 Å². The maximum atomic E-state index is 12.1. The van der Waals surface area contributed by atoms with Crippen LogP contribution in [0.1, 0.15) is 60.3 Å². The second kappa shape index (κ2) is 7.26. The van der Waals surface area contributed by atoms with Crippen molar-refractivity contribution < 1.29 is 4.79 Å². The predicted octanol–water partition coefficient (Wildman–Crippen LogP) is 3.36. The van der Waals surface area contributed by atoms with E-state index in [9.17, 15) is 4.79 Å². The SMILES string of the molecule is CCCC(C)(C)C(C)(C)NC(=O)/C=C/CN1CCCC1. The van der Waals surface area contributed by atoms with Crippen LogP contribution < -0.4 is 5.32 Å². The van der Waals surface area contributed by atoms with Gasteiger partial charge >= 0.3 is 0 Å². The molecule has 1 rings (SSSR count). The van der Waals surface area contributed by atoms with Gasteiger partial charge in [0.2, 0.25) is 5.91 Å². The maximum Gasteiger partial charge on any atom is 0.244 e. The third kappa shape index (κ3) is 4.93. The molecule has 1 aliphatic heterocycles. The molecule has 1 N–H and O–H groups in total. The molecule has 1 fully saturated rings. The number of rotatable bonds is 7. The molecule has 1 amide bonds. The van der Waals surface area contributed by atoms with E-state index in [0.29, 0.717) is 0 Å². The molecular formula is C17H32N2O. The normalized spacial score (nSPS) is 17.9. The summed E-state index contributed by atoms with van der Waals surface area (Å²) < 4.78 is 0. The highest BCUT2D eigenvalue weighted by atomic mass is 16.1. The minimum absolute atomic E-state index is 0.0263. The van der Waals surface area contributed by atoms with Gasteiger partial charge in [0.1, 0.15) is 0 Å². The van der Waals surface area contributed by atoms with Gasteiger partial charge in [0.15, 0.2) is 0 Å². The third-order valence-electron chi connectivity index (χ3n) is 4.83. The molecule has 3 heteroatoms. The van der Waals surface area contributed by atoms with Crippen LogP contribution in [0, 0.1) is 5.41 Å². The standard InChI is InChI=1S/C17H32N2O/c1-6-11-16(2,3)17(4,5)18-15(20)10-9-14-19-12-7-8-13-19/h9-10H,6-8,11-14H2,1-5H3,(H,18,20)/b10-9+. The van der Waals surface area contributed by atoms with Crippen LogP contribution in [0.4, 0.5) is 0 Å².